The van der Waals surface area contributed by atoms with E-state index in [1.807, 2.05) is 48.4 Å². The fourth-order valence-electron chi connectivity index (χ4n) is 2.88. The zero-order valence-corrected chi connectivity index (χ0v) is 15.4. The van der Waals surface area contributed by atoms with Crippen LogP contribution in [0.4, 0.5) is 5.69 Å². The van der Waals surface area contributed by atoms with Crippen LogP contribution in [0.2, 0.25) is 0 Å². The monoisotopic (exact) mass is 348 g/mol. The minimum atomic E-state index is -0.0579. The number of hydrogen-bond donors (Lipinski definition) is 2. The number of hydrogen-bond acceptors (Lipinski definition) is 3. The predicted octanol–water partition coefficient (Wildman–Crippen LogP) is 3.90. The molecule has 5 heteroatoms. The Kier molecular flexibility index (Phi) is 5.49. The largest absolute Gasteiger partial charge is 0.326 e. The van der Waals surface area contributed by atoms with E-state index in [2.05, 4.69) is 46.9 Å². The molecule has 1 aromatic heterocycles. The van der Waals surface area contributed by atoms with Crippen LogP contribution in [-0.4, -0.2) is 15.7 Å². The normalized spacial score (nSPS) is 12.0. The van der Waals surface area contributed by atoms with Crippen LogP contribution in [0.5, 0.6) is 0 Å². The van der Waals surface area contributed by atoms with E-state index in [9.17, 15) is 4.79 Å². The maximum absolute atomic E-state index is 11.1. The van der Waals surface area contributed by atoms with Crippen LogP contribution in [-0.2, 0) is 18.4 Å². The highest BCUT2D eigenvalue weighted by molar-refractivity contribution is 5.88. The van der Waals surface area contributed by atoms with E-state index in [0.717, 1.165) is 17.8 Å². The number of anilines is 1. The van der Waals surface area contributed by atoms with Gasteiger partial charge in [0.1, 0.15) is 0 Å². The molecule has 0 unspecified atom stereocenters. The molecule has 134 valence electrons. The first-order chi connectivity index (χ1) is 12.5. The molecule has 0 fully saturated rings. The molecule has 0 saturated heterocycles. The predicted molar refractivity (Wildman–Crippen MR) is 105 cm³/mol. The van der Waals surface area contributed by atoms with Crippen molar-refractivity contribution >= 4 is 11.6 Å². The van der Waals surface area contributed by atoms with E-state index in [-0.39, 0.29) is 11.9 Å². The molecule has 0 aliphatic carbocycles. The third kappa shape index (κ3) is 4.58. The van der Waals surface area contributed by atoms with Gasteiger partial charge in [0, 0.05) is 44.0 Å². The zero-order chi connectivity index (χ0) is 18.5. The number of benzene rings is 2. The summed E-state index contributed by atoms with van der Waals surface area (Å²) >= 11 is 0. The van der Waals surface area contributed by atoms with Crippen LogP contribution in [0.15, 0.2) is 60.9 Å². The number of nitrogens with zero attached hydrogens (tertiary/aromatic N) is 2. The first-order valence-electron chi connectivity index (χ1n) is 8.70. The maximum atomic E-state index is 11.1. The molecule has 1 heterocycles. The molecule has 2 aromatic carbocycles. The Hall–Kier alpha value is -2.92. The zero-order valence-electron chi connectivity index (χ0n) is 15.4. The summed E-state index contributed by atoms with van der Waals surface area (Å²) in [6, 6.07) is 16.6. The number of carbonyl (C=O) groups excluding carboxylic acids is 1. The Bertz CT molecular complexity index is 883. The summed E-state index contributed by atoms with van der Waals surface area (Å²) in [7, 11) is 1.92. The molecule has 0 aliphatic heterocycles. The minimum absolute atomic E-state index is 0.0579. The average molecular weight is 348 g/mol. The Morgan fingerprint density at radius 2 is 1.92 bits per heavy atom. The van der Waals surface area contributed by atoms with Crippen LogP contribution in [0.3, 0.4) is 0 Å². The lowest BCUT2D eigenvalue weighted by Gasteiger charge is -2.15. The van der Waals surface area contributed by atoms with Crippen molar-refractivity contribution in [1.82, 2.24) is 15.1 Å². The van der Waals surface area contributed by atoms with Crippen molar-refractivity contribution < 1.29 is 4.79 Å². The summed E-state index contributed by atoms with van der Waals surface area (Å²) in [5, 5.41) is 10.6. The molecule has 3 rings (SSSR count). The molecule has 1 atom stereocenters. The van der Waals surface area contributed by atoms with Gasteiger partial charge in [-0.1, -0.05) is 30.3 Å². The molecule has 0 aliphatic rings. The summed E-state index contributed by atoms with van der Waals surface area (Å²) in [6.45, 7) is 4.43. The second-order valence-electron chi connectivity index (χ2n) is 6.51. The van der Waals surface area contributed by atoms with Crippen molar-refractivity contribution in [3.8, 4) is 11.1 Å². The van der Waals surface area contributed by atoms with Crippen molar-refractivity contribution in [3.63, 3.8) is 0 Å². The summed E-state index contributed by atoms with van der Waals surface area (Å²) in [5.41, 5.74) is 5.52. The van der Waals surface area contributed by atoms with Gasteiger partial charge in [-0.15, -0.1) is 0 Å². The SMILES string of the molecule is CC(=O)Nc1ccc([C@@H](C)NCc2cccc(-c3cnn(C)c3)c2)cc1. The first-order valence-corrected chi connectivity index (χ1v) is 8.70. The number of carbonyl (C=O) groups is 1. The highest BCUT2D eigenvalue weighted by Gasteiger charge is 2.07. The topological polar surface area (TPSA) is 59.0 Å². The van der Waals surface area contributed by atoms with Crippen molar-refractivity contribution in [3.05, 3.63) is 72.1 Å². The van der Waals surface area contributed by atoms with E-state index in [1.165, 1.54) is 23.6 Å². The second-order valence-corrected chi connectivity index (χ2v) is 6.51. The maximum Gasteiger partial charge on any atom is 0.221 e. The summed E-state index contributed by atoms with van der Waals surface area (Å²) in [5.74, 6) is -0.0579. The van der Waals surface area contributed by atoms with Gasteiger partial charge in [0.15, 0.2) is 0 Å². The molecule has 3 aromatic rings. The molecule has 26 heavy (non-hydrogen) atoms. The number of aryl methyl sites for hydroxylation is 1. The van der Waals surface area contributed by atoms with Crippen molar-refractivity contribution in [1.29, 1.82) is 0 Å². The molecular formula is C21H24N4O. The fraction of sp³-hybridized carbons (Fsp3) is 0.238. The van der Waals surface area contributed by atoms with Crippen molar-refractivity contribution in [2.75, 3.05) is 5.32 Å². The van der Waals surface area contributed by atoms with Crippen LogP contribution in [0.25, 0.3) is 11.1 Å². The minimum Gasteiger partial charge on any atom is -0.326 e. The van der Waals surface area contributed by atoms with Gasteiger partial charge in [-0.25, -0.2) is 0 Å². The number of nitrogens with one attached hydrogen (secondary N) is 2. The molecule has 0 radical (unpaired) electrons. The molecule has 0 spiro atoms. The van der Waals surface area contributed by atoms with E-state index < -0.39 is 0 Å². The van der Waals surface area contributed by atoms with Crippen LogP contribution in [0.1, 0.15) is 31.0 Å². The van der Waals surface area contributed by atoms with E-state index in [1.54, 1.807) is 0 Å². The number of aromatic nitrogens is 2. The molecule has 2 N–H and O–H groups in total. The summed E-state index contributed by atoms with van der Waals surface area (Å²) in [4.78, 5) is 11.1. The van der Waals surface area contributed by atoms with Gasteiger partial charge in [0.2, 0.25) is 5.91 Å². The van der Waals surface area contributed by atoms with Gasteiger partial charge in [-0.05, 0) is 41.8 Å². The average Bonchev–Trinajstić information content (AvgIpc) is 3.06. The second kappa shape index (κ2) is 7.97. The highest BCUT2D eigenvalue weighted by Crippen LogP contribution is 2.21. The first kappa shape index (κ1) is 17.9. The van der Waals surface area contributed by atoms with Crippen LogP contribution >= 0.6 is 0 Å². The molecule has 0 bridgehead atoms. The van der Waals surface area contributed by atoms with Gasteiger partial charge < -0.3 is 10.6 Å². The summed E-state index contributed by atoms with van der Waals surface area (Å²) in [6.07, 6.45) is 3.90. The number of amides is 1. The Morgan fingerprint density at radius 1 is 1.15 bits per heavy atom. The Labute approximate surface area is 154 Å². The molecule has 0 saturated carbocycles. The highest BCUT2D eigenvalue weighted by atomic mass is 16.1. The Morgan fingerprint density at radius 3 is 2.58 bits per heavy atom. The lowest BCUT2D eigenvalue weighted by molar-refractivity contribution is -0.114. The number of rotatable bonds is 6. The van der Waals surface area contributed by atoms with Crippen molar-refractivity contribution in [2.45, 2.75) is 26.4 Å². The van der Waals surface area contributed by atoms with Gasteiger partial charge in [0.05, 0.1) is 6.20 Å². The lowest BCUT2D eigenvalue weighted by Crippen LogP contribution is -2.18. The van der Waals surface area contributed by atoms with E-state index in [0.29, 0.717) is 0 Å². The van der Waals surface area contributed by atoms with Crippen LogP contribution < -0.4 is 10.6 Å². The third-order valence-corrected chi connectivity index (χ3v) is 4.31. The van der Waals surface area contributed by atoms with Gasteiger partial charge in [-0.3, -0.25) is 9.48 Å². The van der Waals surface area contributed by atoms with E-state index in [4.69, 9.17) is 0 Å². The van der Waals surface area contributed by atoms with E-state index >= 15 is 0 Å². The molecular weight excluding hydrogens is 324 g/mol. The fourth-order valence-corrected chi connectivity index (χ4v) is 2.88. The lowest BCUT2D eigenvalue weighted by atomic mass is 10.0. The molecule has 1 amide bonds. The smallest absolute Gasteiger partial charge is 0.221 e. The molecule has 5 nitrogen and oxygen atoms in total. The third-order valence-electron chi connectivity index (χ3n) is 4.31. The van der Waals surface area contributed by atoms with Gasteiger partial charge in [-0.2, -0.15) is 5.10 Å². The summed E-state index contributed by atoms with van der Waals surface area (Å²) < 4.78 is 1.81. The van der Waals surface area contributed by atoms with Gasteiger partial charge in [0.25, 0.3) is 0 Å². The van der Waals surface area contributed by atoms with Crippen LogP contribution in [0, 0.1) is 0 Å². The standard InChI is InChI=1S/C21H24N4O/c1-15(18-7-9-21(10-8-18)24-16(2)26)22-12-17-5-4-6-19(11-17)20-13-23-25(3)14-20/h4-11,13-15,22H,12H2,1-3H3,(H,24,26)/t15-/m1/s1. The van der Waals surface area contributed by atoms with Crippen molar-refractivity contribution in [2.24, 2.45) is 7.05 Å². The quantitative estimate of drug-likeness (QED) is 0.710. The Balaban J connectivity index is 1.62. The van der Waals surface area contributed by atoms with Gasteiger partial charge >= 0.3 is 0 Å².